The van der Waals surface area contributed by atoms with Crippen molar-refractivity contribution in [3.63, 3.8) is 0 Å². The lowest BCUT2D eigenvalue weighted by Crippen LogP contribution is -2.68. The Morgan fingerprint density at radius 1 is 1.00 bits per heavy atom. The van der Waals surface area contributed by atoms with E-state index in [9.17, 15) is 0 Å². The molecule has 2 atom stereocenters. The van der Waals surface area contributed by atoms with Crippen LogP contribution in [0.25, 0.3) is 0 Å². The molecule has 1 aliphatic heterocycles. The molecule has 2 aromatic rings. The third-order valence-electron chi connectivity index (χ3n) is 6.41. The molecule has 5 heteroatoms. The van der Waals surface area contributed by atoms with Crippen LogP contribution in [-0.4, -0.2) is 15.4 Å². The van der Waals surface area contributed by atoms with E-state index < -0.39 is 19.7 Å². The fourth-order valence-corrected chi connectivity index (χ4v) is 4.74. The Morgan fingerprint density at radius 2 is 1.74 bits per heavy atom. The van der Waals surface area contributed by atoms with Crippen molar-refractivity contribution in [3.8, 4) is 5.75 Å². The molecule has 0 radical (unpaired) electrons. The highest BCUT2D eigenvalue weighted by Gasteiger charge is 2.71. The third-order valence-corrected chi connectivity index (χ3v) is 10.8. The molecule has 1 spiro atoms. The van der Waals surface area contributed by atoms with Gasteiger partial charge in [0.2, 0.25) is 8.32 Å². The second kappa shape index (κ2) is 5.91. The summed E-state index contributed by atoms with van der Waals surface area (Å²) in [6, 6.07) is 16.4. The lowest BCUT2D eigenvalue weighted by molar-refractivity contribution is -0.632. The van der Waals surface area contributed by atoms with Gasteiger partial charge in [-0.15, -0.1) is 0 Å². The molecule has 2 aromatic carbocycles. The van der Waals surface area contributed by atoms with E-state index >= 15 is 0 Å². The quantitative estimate of drug-likeness (QED) is 0.531. The van der Waals surface area contributed by atoms with Gasteiger partial charge in [0.05, 0.1) is 0 Å². The predicted molar refractivity (Wildman–Crippen MR) is 107 cm³/mol. The van der Waals surface area contributed by atoms with Gasteiger partial charge in [0.15, 0.2) is 5.60 Å². The first kappa shape index (κ1) is 18.7. The number of hydrogen-bond acceptors (Lipinski definition) is 4. The van der Waals surface area contributed by atoms with Gasteiger partial charge in [0.25, 0.3) is 5.79 Å². The van der Waals surface area contributed by atoms with Crippen LogP contribution in [0.2, 0.25) is 18.1 Å². The molecule has 2 unspecified atom stereocenters. The van der Waals surface area contributed by atoms with Crippen LogP contribution in [0.4, 0.5) is 0 Å². The highest BCUT2D eigenvalue weighted by Crippen LogP contribution is 2.62. The average Bonchev–Trinajstić information content (AvgIpc) is 2.55. The predicted octanol–water partition coefficient (Wildman–Crippen LogP) is 5.28. The van der Waals surface area contributed by atoms with Crippen LogP contribution in [0.5, 0.6) is 5.75 Å². The molecule has 1 saturated heterocycles. The van der Waals surface area contributed by atoms with Gasteiger partial charge in [-0.05, 0) is 41.4 Å². The van der Waals surface area contributed by atoms with E-state index in [1.165, 1.54) is 5.56 Å². The summed E-state index contributed by atoms with van der Waals surface area (Å²) in [5.41, 5.74) is 2.74. The summed E-state index contributed by atoms with van der Waals surface area (Å²) in [5.74, 6) is -0.0949. The summed E-state index contributed by atoms with van der Waals surface area (Å²) in [4.78, 5) is 11.3. The lowest BCUT2D eigenvalue weighted by Gasteiger charge is -2.59. The number of hydrogen-bond donors (Lipinski definition) is 0. The van der Waals surface area contributed by atoms with Crippen molar-refractivity contribution >= 4 is 8.32 Å². The van der Waals surface area contributed by atoms with Crippen LogP contribution in [-0.2, 0) is 32.3 Å². The standard InChI is InChI=1S/C22H28O4Si/c1-20(2,3)27(5,6)24-18-12-9-11-17(14-18)22(23-4)21(25-26-22)15-16-10-7-8-13-19(16)21/h7-14H,15H2,1-6H3. The van der Waals surface area contributed by atoms with Crippen LogP contribution < -0.4 is 4.43 Å². The Kier molecular flexibility index (Phi) is 4.09. The summed E-state index contributed by atoms with van der Waals surface area (Å²) in [6.07, 6.45) is 0.768. The summed E-state index contributed by atoms with van der Waals surface area (Å²) >= 11 is 0. The summed E-state index contributed by atoms with van der Waals surface area (Å²) in [6.45, 7) is 11.2. The minimum absolute atomic E-state index is 0.131. The molecular weight excluding hydrogens is 356 g/mol. The average molecular weight is 385 g/mol. The van der Waals surface area contributed by atoms with Crippen LogP contribution in [0.3, 0.4) is 0 Å². The molecule has 4 rings (SSSR count). The van der Waals surface area contributed by atoms with Crippen LogP contribution in [0.15, 0.2) is 48.5 Å². The Hall–Kier alpha value is -1.66. The Bertz CT molecular complexity index is 869. The minimum Gasteiger partial charge on any atom is -0.543 e. The van der Waals surface area contributed by atoms with Crippen molar-refractivity contribution in [2.75, 3.05) is 7.11 Å². The molecule has 1 fully saturated rings. The van der Waals surface area contributed by atoms with Crippen LogP contribution in [0, 0.1) is 0 Å². The van der Waals surface area contributed by atoms with Crippen LogP contribution >= 0.6 is 0 Å². The van der Waals surface area contributed by atoms with Crippen molar-refractivity contribution in [2.45, 2.75) is 56.7 Å². The maximum atomic E-state index is 6.49. The van der Waals surface area contributed by atoms with Gasteiger partial charge in [-0.3, -0.25) is 0 Å². The fourth-order valence-electron chi connectivity index (χ4n) is 3.72. The molecule has 0 N–H and O–H groups in total. The fraction of sp³-hybridized carbons (Fsp3) is 0.455. The van der Waals surface area contributed by atoms with Crippen molar-refractivity contribution in [1.82, 2.24) is 0 Å². The molecule has 0 aromatic heterocycles. The number of fused-ring (bicyclic) bond motifs is 2. The Morgan fingerprint density at radius 3 is 2.33 bits per heavy atom. The van der Waals surface area contributed by atoms with E-state index in [1.807, 2.05) is 36.4 Å². The highest BCUT2D eigenvalue weighted by atomic mass is 28.4. The second-order valence-corrected chi connectivity index (χ2v) is 13.8. The number of methoxy groups -OCH3 is 1. The topological polar surface area (TPSA) is 36.9 Å². The normalized spacial score (nSPS) is 26.9. The van der Waals surface area contributed by atoms with Gasteiger partial charge >= 0.3 is 0 Å². The zero-order valence-corrected chi connectivity index (χ0v) is 18.0. The van der Waals surface area contributed by atoms with E-state index in [0.29, 0.717) is 0 Å². The van der Waals surface area contributed by atoms with E-state index in [0.717, 1.165) is 23.3 Å². The van der Waals surface area contributed by atoms with Gasteiger partial charge in [0.1, 0.15) is 5.75 Å². The largest absolute Gasteiger partial charge is 0.543 e. The SMILES string of the molecule is COC1(c2cccc(O[Si](C)(C)C(C)(C)C)c2)OOC12Cc1ccccc12. The van der Waals surface area contributed by atoms with Gasteiger partial charge in [-0.25, -0.2) is 4.89 Å². The van der Waals surface area contributed by atoms with E-state index in [1.54, 1.807) is 7.11 Å². The Balaban J connectivity index is 1.70. The Labute approximate surface area is 162 Å². The molecule has 1 aliphatic carbocycles. The molecule has 0 amide bonds. The summed E-state index contributed by atoms with van der Waals surface area (Å²) in [7, 11) is -0.258. The number of benzene rings is 2. The van der Waals surface area contributed by atoms with Gasteiger partial charge in [-0.2, -0.15) is 4.89 Å². The first-order chi connectivity index (χ1) is 12.7. The molecule has 1 heterocycles. The summed E-state index contributed by atoms with van der Waals surface area (Å²) in [5, 5.41) is 0.131. The maximum absolute atomic E-state index is 6.49. The van der Waals surface area contributed by atoms with Crippen molar-refractivity contribution in [1.29, 1.82) is 0 Å². The molecular formula is C22H28O4Si. The summed E-state index contributed by atoms with van der Waals surface area (Å²) < 4.78 is 12.4. The van der Waals surface area contributed by atoms with E-state index in [-0.39, 0.29) is 5.04 Å². The molecule has 0 saturated carbocycles. The van der Waals surface area contributed by atoms with Crippen molar-refractivity contribution in [3.05, 3.63) is 65.2 Å². The third kappa shape index (κ3) is 2.53. The van der Waals surface area contributed by atoms with E-state index in [2.05, 4.69) is 46.0 Å². The first-order valence-corrected chi connectivity index (χ1v) is 12.4. The molecule has 0 bridgehead atoms. The van der Waals surface area contributed by atoms with Gasteiger partial charge < -0.3 is 9.16 Å². The number of ether oxygens (including phenoxy) is 1. The lowest BCUT2D eigenvalue weighted by atomic mass is 9.65. The second-order valence-electron chi connectivity index (χ2n) is 9.04. The van der Waals surface area contributed by atoms with Gasteiger partial charge in [-0.1, -0.05) is 57.2 Å². The maximum Gasteiger partial charge on any atom is 0.264 e. The zero-order chi connectivity index (χ0) is 19.5. The monoisotopic (exact) mass is 384 g/mol. The molecule has 27 heavy (non-hydrogen) atoms. The first-order valence-electron chi connectivity index (χ1n) is 9.45. The highest BCUT2D eigenvalue weighted by molar-refractivity contribution is 6.74. The van der Waals surface area contributed by atoms with Crippen molar-refractivity contribution in [2.24, 2.45) is 0 Å². The van der Waals surface area contributed by atoms with E-state index in [4.69, 9.17) is 18.9 Å². The minimum atomic E-state index is -1.93. The smallest absolute Gasteiger partial charge is 0.264 e. The zero-order valence-electron chi connectivity index (χ0n) is 17.0. The van der Waals surface area contributed by atoms with Crippen molar-refractivity contribution < 1.29 is 18.9 Å². The molecule has 144 valence electrons. The number of rotatable bonds is 4. The van der Waals surface area contributed by atoms with Crippen LogP contribution in [0.1, 0.15) is 37.5 Å². The molecule has 4 nitrogen and oxygen atoms in total. The molecule has 2 aliphatic rings. The van der Waals surface area contributed by atoms with Gasteiger partial charge in [0, 0.05) is 19.1 Å².